The summed E-state index contributed by atoms with van der Waals surface area (Å²) in [6.45, 7) is 0. The lowest BCUT2D eigenvalue weighted by atomic mass is 10.1. The molecule has 158 valence electrons. The van der Waals surface area contributed by atoms with Crippen molar-refractivity contribution in [3.63, 3.8) is 0 Å². The number of benzene rings is 3. The van der Waals surface area contributed by atoms with Gasteiger partial charge in [0.1, 0.15) is 0 Å². The van der Waals surface area contributed by atoms with Gasteiger partial charge in [0, 0.05) is 22.9 Å². The molecule has 1 unspecified atom stereocenters. The Balaban J connectivity index is 1.37. The first-order chi connectivity index (χ1) is 14.8. The van der Waals surface area contributed by atoms with E-state index < -0.39 is 23.9 Å². The molecule has 1 aliphatic heterocycles. The van der Waals surface area contributed by atoms with Gasteiger partial charge in [-0.15, -0.1) is 0 Å². The van der Waals surface area contributed by atoms with E-state index in [-0.39, 0.29) is 10.7 Å². The Hall–Kier alpha value is -3.59. The smallest absolute Gasteiger partial charge is 0.416 e. The molecule has 0 saturated heterocycles. The molecule has 0 aliphatic carbocycles. The summed E-state index contributed by atoms with van der Waals surface area (Å²) in [5.41, 5.74) is 0.633. The number of carbonyl (C=O) groups excluding carboxylic acids is 1. The minimum absolute atomic E-state index is 0.0108. The van der Waals surface area contributed by atoms with Crippen molar-refractivity contribution in [1.29, 1.82) is 0 Å². The third-order valence-electron chi connectivity index (χ3n) is 4.44. The highest BCUT2D eigenvalue weighted by molar-refractivity contribution is 7.80. The van der Waals surface area contributed by atoms with Crippen LogP contribution < -0.4 is 20.1 Å². The van der Waals surface area contributed by atoms with Gasteiger partial charge < -0.3 is 14.8 Å². The van der Waals surface area contributed by atoms with Crippen molar-refractivity contribution < 1.29 is 27.4 Å². The first kappa shape index (κ1) is 20.7. The number of rotatable bonds is 3. The van der Waals surface area contributed by atoms with Crippen LogP contribution in [0.5, 0.6) is 11.5 Å². The van der Waals surface area contributed by atoms with E-state index in [1.807, 2.05) is 30.3 Å². The van der Waals surface area contributed by atoms with Gasteiger partial charge in [0.2, 0.25) is 0 Å². The van der Waals surface area contributed by atoms with Crippen LogP contribution >= 0.6 is 12.2 Å². The van der Waals surface area contributed by atoms with Gasteiger partial charge in [-0.1, -0.05) is 30.3 Å². The van der Waals surface area contributed by atoms with Crippen LogP contribution in [0.4, 0.5) is 18.9 Å². The predicted molar refractivity (Wildman–Crippen MR) is 112 cm³/mol. The van der Waals surface area contributed by atoms with Gasteiger partial charge in [0.25, 0.3) is 12.2 Å². The second-order valence-corrected chi connectivity index (χ2v) is 7.03. The normalized spacial score (nSPS) is 14.7. The molecule has 0 saturated carbocycles. The van der Waals surface area contributed by atoms with Crippen LogP contribution in [0, 0.1) is 0 Å². The van der Waals surface area contributed by atoms with Crippen molar-refractivity contribution in [2.24, 2.45) is 0 Å². The molecule has 3 aromatic carbocycles. The van der Waals surface area contributed by atoms with Crippen molar-refractivity contribution in [3.8, 4) is 11.5 Å². The van der Waals surface area contributed by atoms with Gasteiger partial charge in [-0.3, -0.25) is 10.1 Å². The molecule has 1 aliphatic rings. The molecule has 0 bridgehead atoms. The van der Waals surface area contributed by atoms with E-state index in [9.17, 15) is 18.0 Å². The predicted octanol–water partition coefficient (Wildman–Crippen LogP) is 5.30. The van der Waals surface area contributed by atoms with E-state index in [4.69, 9.17) is 21.7 Å². The zero-order valence-electron chi connectivity index (χ0n) is 15.8. The standard InChI is InChI=1S/C22H15F3N2O3S/c23-22(24,25)15-8-6-13(7-9-15)19(28)27-21(31)26-16-10-11-17-18(12-16)30-20(29-17)14-4-2-1-3-5-14/h1-12,20H,(H2,26,27,28,31). The largest absolute Gasteiger partial charge is 0.447 e. The number of carbonyl (C=O) groups is 1. The average Bonchev–Trinajstić information content (AvgIpc) is 3.17. The number of hydrogen-bond donors (Lipinski definition) is 2. The van der Waals surface area contributed by atoms with Crippen LogP contribution in [0.15, 0.2) is 72.8 Å². The summed E-state index contributed by atoms with van der Waals surface area (Å²) in [5, 5.41) is 5.27. The maximum Gasteiger partial charge on any atom is 0.416 e. The van der Waals surface area contributed by atoms with Crippen LogP contribution in [0.3, 0.4) is 0 Å². The summed E-state index contributed by atoms with van der Waals surface area (Å²) in [4.78, 5) is 12.2. The first-order valence-electron chi connectivity index (χ1n) is 9.11. The highest BCUT2D eigenvalue weighted by Crippen LogP contribution is 2.41. The van der Waals surface area contributed by atoms with Gasteiger partial charge in [0.05, 0.1) is 5.56 Å². The molecule has 0 radical (unpaired) electrons. The fraction of sp³-hybridized carbons (Fsp3) is 0.0909. The minimum Gasteiger partial charge on any atom is -0.447 e. The fourth-order valence-corrected chi connectivity index (χ4v) is 3.13. The van der Waals surface area contributed by atoms with Crippen LogP contribution in [0.25, 0.3) is 0 Å². The van der Waals surface area contributed by atoms with Gasteiger partial charge in [-0.2, -0.15) is 13.2 Å². The van der Waals surface area contributed by atoms with Crippen molar-refractivity contribution in [2.75, 3.05) is 5.32 Å². The fourth-order valence-electron chi connectivity index (χ4n) is 2.92. The quantitative estimate of drug-likeness (QED) is 0.537. The maximum atomic E-state index is 12.6. The Morgan fingerprint density at radius 1 is 0.903 bits per heavy atom. The SMILES string of the molecule is O=C(NC(=S)Nc1ccc2c(c1)OC(c1ccccc1)O2)c1ccc(C(F)(F)F)cc1. The molecular weight excluding hydrogens is 429 g/mol. The molecule has 1 heterocycles. The maximum absolute atomic E-state index is 12.6. The summed E-state index contributed by atoms with van der Waals surface area (Å²) in [6, 6.07) is 18.4. The van der Waals surface area contributed by atoms with Crippen LogP contribution in [0.1, 0.15) is 27.8 Å². The summed E-state index contributed by atoms with van der Waals surface area (Å²) >= 11 is 5.13. The molecule has 31 heavy (non-hydrogen) atoms. The zero-order valence-corrected chi connectivity index (χ0v) is 16.6. The lowest BCUT2D eigenvalue weighted by Crippen LogP contribution is -2.34. The highest BCUT2D eigenvalue weighted by atomic mass is 32.1. The van der Waals surface area contributed by atoms with Crippen molar-refractivity contribution in [3.05, 3.63) is 89.5 Å². The summed E-state index contributed by atoms with van der Waals surface area (Å²) in [7, 11) is 0. The monoisotopic (exact) mass is 444 g/mol. The number of halogens is 3. The van der Waals surface area contributed by atoms with E-state index in [0.717, 1.165) is 29.8 Å². The van der Waals surface area contributed by atoms with Crippen molar-refractivity contribution in [2.45, 2.75) is 12.5 Å². The summed E-state index contributed by atoms with van der Waals surface area (Å²) in [5.74, 6) is 0.450. The lowest BCUT2D eigenvalue weighted by molar-refractivity contribution is -0.137. The minimum atomic E-state index is -4.47. The number of ether oxygens (including phenoxy) is 2. The number of fused-ring (bicyclic) bond motifs is 1. The van der Waals surface area contributed by atoms with Crippen LogP contribution in [0.2, 0.25) is 0 Å². The van der Waals surface area contributed by atoms with E-state index in [2.05, 4.69) is 10.6 Å². The Kier molecular flexibility index (Phi) is 5.51. The third kappa shape index (κ3) is 4.77. The van der Waals surface area contributed by atoms with Crippen LogP contribution in [-0.4, -0.2) is 11.0 Å². The first-order valence-corrected chi connectivity index (χ1v) is 9.52. The Morgan fingerprint density at radius 2 is 1.58 bits per heavy atom. The molecule has 1 atom stereocenters. The lowest BCUT2D eigenvalue weighted by Gasteiger charge is -2.11. The Labute approximate surface area is 180 Å². The molecule has 9 heteroatoms. The molecule has 0 spiro atoms. The number of alkyl halides is 3. The van der Waals surface area contributed by atoms with E-state index in [1.54, 1.807) is 18.2 Å². The Morgan fingerprint density at radius 3 is 2.26 bits per heavy atom. The van der Waals surface area contributed by atoms with Gasteiger partial charge in [-0.25, -0.2) is 0 Å². The van der Waals surface area contributed by atoms with E-state index >= 15 is 0 Å². The van der Waals surface area contributed by atoms with Gasteiger partial charge in [-0.05, 0) is 48.6 Å². The molecule has 2 N–H and O–H groups in total. The topological polar surface area (TPSA) is 59.6 Å². The van der Waals surface area contributed by atoms with E-state index in [0.29, 0.717) is 17.2 Å². The summed E-state index contributed by atoms with van der Waals surface area (Å²) in [6.07, 6.45) is -5.03. The molecule has 0 fully saturated rings. The summed E-state index contributed by atoms with van der Waals surface area (Å²) < 4.78 is 49.5. The molecule has 0 aromatic heterocycles. The second kappa shape index (κ2) is 8.27. The molecule has 4 rings (SSSR count). The molecule has 5 nitrogen and oxygen atoms in total. The average molecular weight is 444 g/mol. The van der Waals surface area contributed by atoms with E-state index in [1.165, 1.54) is 0 Å². The van der Waals surface area contributed by atoms with Gasteiger partial charge >= 0.3 is 6.18 Å². The zero-order chi connectivity index (χ0) is 22.0. The molecule has 1 amide bonds. The molecule has 3 aromatic rings. The number of hydrogen-bond acceptors (Lipinski definition) is 4. The number of anilines is 1. The molecular formula is C22H15F3N2O3S. The second-order valence-electron chi connectivity index (χ2n) is 6.62. The number of thiocarbonyl (C=S) groups is 1. The van der Waals surface area contributed by atoms with Crippen molar-refractivity contribution >= 4 is 28.9 Å². The van der Waals surface area contributed by atoms with Crippen molar-refractivity contribution in [1.82, 2.24) is 5.32 Å². The van der Waals surface area contributed by atoms with Gasteiger partial charge in [0.15, 0.2) is 16.6 Å². The highest BCUT2D eigenvalue weighted by Gasteiger charge is 2.30. The Bertz CT molecular complexity index is 1120. The van der Waals surface area contributed by atoms with Crippen LogP contribution in [-0.2, 0) is 6.18 Å². The number of nitrogens with one attached hydrogen (secondary N) is 2. The third-order valence-corrected chi connectivity index (χ3v) is 4.65. The number of amides is 1.